The number of anilines is 1. The Kier molecular flexibility index (Phi) is 10.9. The molecule has 0 aliphatic carbocycles. The van der Waals surface area contributed by atoms with Gasteiger partial charge in [0.1, 0.15) is 5.01 Å². The third-order valence-corrected chi connectivity index (χ3v) is 6.44. The Bertz CT molecular complexity index is 772. The molecule has 0 atom stereocenters. The Hall–Kier alpha value is -1.39. The number of nitrogens with zero attached hydrogens (tertiary/aromatic N) is 3. The van der Waals surface area contributed by atoms with Gasteiger partial charge in [0.25, 0.3) is 0 Å². The smallest absolute Gasteiger partial charge is 0.191 e. The normalized spacial score (nSPS) is 15.0. The standard InChI is InChI=1S/C22H33N5OS.HI/c1-3-20-14-24-21(29-20)15-26-22(23-4-2)25-13-17-5-7-19(8-6-17)27-11-9-18(16-28)10-12-27;/h5-8,14,18,28H,3-4,9-13,15-16H2,1-2H3,(H2,23,25,26);1H. The molecule has 0 amide bonds. The van der Waals surface area contributed by atoms with Crippen LogP contribution >= 0.6 is 35.3 Å². The topological polar surface area (TPSA) is 72.8 Å². The third-order valence-electron chi connectivity index (χ3n) is 5.30. The number of aliphatic imine (C=N–C) groups is 1. The molecule has 2 heterocycles. The fraction of sp³-hybridized carbons (Fsp3) is 0.545. The van der Waals surface area contributed by atoms with E-state index in [2.05, 4.69) is 58.6 Å². The van der Waals surface area contributed by atoms with E-state index in [1.54, 1.807) is 11.3 Å². The summed E-state index contributed by atoms with van der Waals surface area (Å²) in [5.41, 5.74) is 2.45. The summed E-state index contributed by atoms with van der Waals surface area (Å²) >= 11 is 1.75. The summed E-state index contributed by atoms with van der Waals surface area (Å²) in [5, 5.41) is 17.1. The zero-order valence-electron chi connectivity index (χ0n) is 17.9. The third kappa shape index (κ3) is 7.39. The largest absolute Gasteiger partial charge is 0.396 e. The zero-order chi connectivity index (χ0) is 20.5. The lowest BCUT2D eigenvalue weighted by Crippen LogP contribution is -2.36. The Labute approximate surface area is 201 Å². The Balaban J connectivity index is 0.00000320. The fourth-order valence-electron chi connectivity index (χ4n) is 3.45. The van der Waals surface area contributed by atoms with Crippen LogP contribution in [0.25, 0.3) is 0 Å². The van der Waals surface area contributed by atoms with Crippen molar-refractivity contribution in [3.05, 3.63) is 45.9 Å². The van der Waals surface area contributed by atoms with Crippen LogP contribution in [0.5, 0.6) is 0 Å². The molecule has 30 heavy (non-hydrogen) atoms. The molecule has 1 fully saturated rings. The first-order chi connectivity index (χ1) is 14.2. The number of piperidine rings is 1. The van der Waals surface area contributed by atoms with Crippen LogP contribution in [0.3, 0.4) is 0 Å². The molecule has 1 aliphatic rings. The Morgan fingerprint density at radius 1 is 1.20 bits per heavy atom. The predicted octanol–water partition coefficient (Wildman–Crippen LogP) is 3.79. The van der Waals surface area contributed by atoms with E-state index < -0.39 is 0 Å². The number of nitrogens with one attached hydrogen (secondary N) is 2. The maximum Gasteiger partial charge on any atom is 0.191 e. The van der Waals surface area contributed by atoms with Crippen molar-refractivity contribution in [2.75, 3.05) is 31.1 Å². The molecule has 8 heteroatoms. The average molecular weight is 544 g/mol. The number of hydrogen-bond donors (Lipinski definition) is 3. The maximum atomic E-state index is 9.30. The van der Waals surface area contributed by atoms with Gasteiger partial charge in [-0.3, -0.25) is 0 Å². The Morgan fingerprint density at radius 2 is 1.93 bits per heavy atom. The quantitative estimate of drug-likeness (QED) is 0.269. The highest BCUT2D eigenvalue weighted by molar-refractivity contribution is 14.0. The first-order valence-corrected chi connectivity index (χ1v) is 11.4. The van der Waals surface area contributed by atoms with E-state index in [1.807, 2.05) is 6.20 Å². The number of aromatic nitrogens is 1. The molecule has 166 valence electrons. The highest BCUT2D eigenvalue weighted by Crippen LogP contribution is 2.23. The van der Waals surface area contributed by atoms with Gasteiger partial charge in [0.2, 0.25) is 0 Å². The lowest BCUT2D eigenvalue weighted by atomic mass is 9.97. The van der Waals surface area contributed by atoms with Crippen LogP contribution in [0.1, 0.15) is 42.1 Å². The SMILES string of the molecule is CCNC(=NCc1ccc(N2CCC(CO)CC2)cc1)NCc1ncc(CC)s1.I. The van der Waals surface area contributed by atoms with E-state index >= 15 is 0 Å². The van der Waals surface area contributed by atoms with E-state index in [4.69, 9.17) is 4.99 Å². The Morgan fingerprint density at radius 3 is 2.53 bits per heavy atom. The molecular weight excluding hydrogens is 509 g/mol. The second kappa shape index (κ2) is 13.1. The van der Waals surface area contributed by atoms with Gasteiger partial charge < -0.3 is 20.6 Å². The van der Waals surface area contributed by atoms with Gasteiger partial charge in [0.05, 0.1) is 13.1 Å². The molecule has 0 unspecified atom stereocenters. The monoisotopic (exact) mass is 543 g/mol. The first kappa shape index (κ1) is 24.9. The van der Waals surface area contributed by atoms with Gasteiger partial charge in [-0.25, -0.2) is 9.98 Å². The molecule has 1 aromatic heterocycles. The summed E-state index contributed by atoms with van der Waals surface area (Å²) in [6, 6.07) is 8.70. The molecule has 0 radical (unpaired) electrons. The van der Waals surface area contributed by atoms with E-state index in [9.17, 15) is 5.11 Å². The van der Waals surface area contributed by atoms with E-state index in [-0.39, 0.29) is 24.0 Å². The lowest BCUT2D eigenvalue weighted by molar-refractivity contribution is 0.203. The van der Waals surface area contributed by atoms with Crippen molar-refractivity contribution in [3.63, 3.8) is 0 Å². The number of guanidine groups is 1. The van der Waals surface area contributed by atoms with Gasteiger partial charge >= 0.3 is 0 Å². The number of aliphatic hydroxyl groups is 1. The number of aliphatic hydroxyl groups excluding tert-OH is 1. The van der Waals surface area contributed by atoms with Gasteiger partial charge in [0, 0.05) is 43.0 Å². The minimum absolute atomic E-state index is 0. The summed E-state index contributed by atoms with van der Waals surface area (Å²) in [6.07, 6.45) is 5.12. The molecule has 3 N–H and O–H groups in total. The van der Waals surface area contributed by atoms with Crippen LogP contribution < -0.4 is 15.5 Å². The molecule has 2 aromatic rings. The summed E-state index contributed by atoms with van der Waals surface area (Å²) in [4.78, 5) is 12.9. The van der Waals surface area contributed by atoms with Crippen LogP contribution in [-0.4, -0.2) is 42.3 Å². The molecule has 0 spiro atoms. The van der Waals surface area contributed by atoms with Gasteiger partial charge in [-0.1, -0.05) is 19.1 Å². The summed E-state index contributed by atoms with van der Waals surface area (Å²) in [7, 11) is 0. The van der Waals surface area contributed by atoms with Crippen molar-refractivity contribution in [2.45, 2.75) is 46.2 Å². The summed E-state index contributed by atoms with van der Waals surface area (Å²) in [6.45, 7) is 8.74. The van der Waals surface area contributed by atoms with Crippen molar-refractivity contribution in [1.82, 2.24) is 15.6 Å². The molecular formula is C22H34IN5OS. The number of rotatable bonds is 8. The molecule has 0 saturated carbocycles. The molecule has 0 bridgehead atoms. The summed E-state index contributed by atoms with van der Waals surface area (Å²) < 4.78 is 0. The van der Waals surface area contributed by atoms with Crippen molar-refractivity contribution in [2.24, 2.45) is 10.9 Å². The second-order valence-electron chi connectivity index (χ2n) is 7.40. The predicted molar refractivity (Wildman–Crippen MR) is 137 cm³/mol. The van der Waals surface area contributed by atoms with E-state index in [0.29, 0.717) is 25.6 Å². The van der Waals surface area contributed by atoms with Crippen LogP contribution in [0.2, 0.25) is 0 Å². The highest BCUT2D eigenvalue weighted by Gasteiger charge is 2.18. The van der Waals surface area contributed by atoms with E-state index in [1.165, 1.54) is 16.1 Å². The summed E-state index contributed by atoms with van der Waals surface area (Å²) in [5.74, 6) is 1.28. The van der Waals surface area contributed by atoms with Crippen LogP contribution in [-0.2, 0) is 19.5 Å². The number of thiazole rings is 1. The average Bonchev–Trinajstić information content (AvgIpc) is 3.24. The van der Waals surface area contributed by atoms with Gasteiger partial charge in [-0.2, -0.15) is 0 Å². The molecule has 1 saturated heterocycles. The minimum atomic E-state index is 0. The van der Waals surface area contributed by atoms with Gasteiger partial charge in [-0.05, 0) is 49.8 Å². The molecule has 1 aliphatic heterocycles. The first-order valence-electron chi connectivity index (χ1n) is 10.6. The van der Waals surface area contributed by atoms with Crippen molar-refractivity contribution in [1.29, 1.82) is 0 Å². The minimum Gasteiger partial charge on any atom is -0.396 e. The molecule has 1 aromatic carbocycles. The second-order valence-corrected chi connectivity index (χ2v) is 8.60. The lowest BCUT2D eigenvalue weighted by Gasteiger charge is -2.32. The number of hydrogen-bond acceptors (Lipinski definition) is 5. The van der Waals surface area contributed by atoms with Gasteiger partial charge in [-0.15, -0.1) is 35.3 Å². The van der Waals surface area contributed by atoms with Crippen LogP contribution in [0.4, 0.5) is 5.69 Å². The van der Waals surface area contributed by atoms with Crippen LogP contribution in [0, 0.1) is 5.92 Å². The fourth-order valence-corrected chi connectivity index (χ4v) is 4.25. The maximum absolute atomic E-state index is 9.30. The molecule has 6 nitrogen and oxygen atoms in total. The zero-order valence-corrected chi connectivity index (χ0v) is 21.1. The highest BCUT2D eigenvalue weighted by atomic mass is 127. The van der Waals surface area contributed by atoms with Crippen molar-refractivity contribution < 1.29 is 5.11 Å². The van der Waals surface area contributed by atoms with Crippen LogP contribution in [0.15, 0.2) is 35.5 Å². The number of aryl methyl sites for hydroxylation is 1. The van der Waals surface area contributed by atoms with Gasteiger partial charge in [0.15, 0.2) is 5.96 Å². The van der Waals surface area contributed by atoms with Crippen molar-refractivity contribution in [3.8, 4) is 0 Å². The number of halogens is 1. The van der Waals surface area contributed by atoms with Crippen molar-refractivity contribution >= 4 is 47.0 Å². The molecule has 3 rings (SSSR count). The number of benzene rings is 1. The van der Waals surface area contributed by atoms with E-state index in [0.717, 1.165) is 49.9 Å².